The van der Waals surface area contributed by atoms with Crippen molar-refractivity contribution in [1.82, 2.24) is 15.0 Å². The number of hydrogen-bond acceptors (Lipinski definition) is 3. The molecule has 0 unspecified atom stereocenters. The lowest BCUT2D eigenvalue weighted by molar-refractivity contribution is 0.102. The molecule has 2 N–H and O–H groups in total. The van der Waals surface area contributed by atoms with Gasteiger partial charge in [0.05, 0.1) is 28.5 Å². The molecule has 25 heavy (non-hydrogen) atoms. The molecule has 0 aliphatic heterocycles. The first-order valence-electron chi connectivity index (χ1n) is 6.99. The highest BCUT2D eigenvalue weighted by Gasteiger charge is 2.13. The zero-order valence-electron chi connectivity index (χ0n) is 12.7. The molecule has 0 aliphatic rings. The van der Waals surface area contributed by atoms with E-state index in [1.807, 2.05) is 12.1 Å². The van der Waals surface area contributed by atoms with Crippen LogP contribution in [0.2, 0.25) is 5.02 Å². The Morgan fingerprint density at radius 1 is 1.04 bits per heavy atom. The number of carbonyl (C=O) groups excluding carboxylic acids is 1. The molecule has 0 fully saturated rings. The number of nitrogens with zero attached hydrogens (tertiary/aromatic N) is 2. The summed E-state index contributed by atoms with van der Waals surface area (Å²) in [4.78, 5) is 23.7. The zero-order valence-corrected chi connectivity index (χ0v) is 15.1. The summed E-state index contributed by atoms with van der Waals surface area (Å²) in [5.74, 6) is -0.238. The lowest BCUT2D eigenvalue weighted by Gasteiger charge is -2.07. The van der Waals surface area contributed by atoms with Crippen LogP contribution < -0.4 is 5.32 Å². The van der Waals surface area contributed by atoms with Crippen molar-refractivity contribution in [2.24, 2.45) is 0 Å². The summed E-state index contributed by atoms with van der Waals surface area (Å²) in [5, 5.41) is 5.39. The molecule has 0 saturated carbocycles. The van der Waals surface area contributed by atoms with Gasteiger partial charge in [0.25, 0.3) is 5.91 Å². The van der Waals surface area contributed by atoms with Crippen molar-refractivity contribution in [3.05, 3.63) is 65.7 Å². The van der Waals surface area contributed by atoms with E-state index in [9.17, 15) is 4.79 Å². The van der Waals surface area contributed by atoms with Gasteiger partial charge in [0.1, 0.15) is 0 Å². The normalized spacial score (nSPS) is 10.1. The molecule has 5 nitrogen and oxygen atoms in total. The maximum absolute atomic E-state index is 12.4. The number of amides is 1. The Balaban J connectivity index is 0.00000113. The second kappa shape index (κ2) is 7.70. The van der Waals surface area contributed by atoms with Crippen LogP contribution in [0.1, 0.15) is 10.4 Å². The van der Waals surface area contributed by atoms with Gasteiger partial charge in [-0.05, 0) is 30.3 Å². The number of nitrogens with one attached hydrogen (secondary N) is 2. The highest BCUT2D eigenvalue weighted by Crippen LogP contribution is 2.33. The predicted octanol–water partition coefficient (Wildman–Crippen LogP) is 4.86. The van der Waals surface area contributed by atoms with Crippen LogP contribution in [0.3, 0.4) is 0 Å². The molecule has 4 rings (SSSR count). The van der Waals surface area contributed by atoms with Crippen molar-refractivity contribution >= 4 is 69.8 Å². The maximum Gasteiger partial charge on any atom is 0.257 e. The van der Waals surface area contributed by atoms with Gasteiger partial charge >= 0.3 is 0 Å². The van der Waals surface area contributed by atoms with Crippen LogP contribution in [0.5, 0.6) is 0 Å². The topological polar surface area (TPSA) is 70.7 Å². The monoisotopic (exact) mass is 394 g/mol. The number of anilines is 1. The van der Waals surface area contributed by atoms with Crippen molar-refractivity contribution in [2.45, 2.75) is 0 Å². The average Bonchev–Trinajstić information content (AvgIpc) is 2.94. The standard InChI is InChI=1S/C17H11ClN4O.2ClH/c18-11-6-13-12-3-5-20-9-15(12)21-16(13)14(7-11)22-17(23)10-2-1-4-19-8-10;;/h1-9,21H,(H,22,23);2*1H. The number of fused-ring (bicyclic) bond motifs is 3. The number of pyridine rings is 2. The Morgan fingerprint density at radius 3 is 2.60 bits per heavy atom. The minimum atomic E-state index is -0.238. The molecule has 128 valence electrons. The van der Waals surface area contributed by atoms with E-state index < -0.39 is 0 Å². The number of H-pyrrole nitrogens is 1. The summed E-state index contributed by atoms with van der Waals surface area (Å²) >= 11 is 6.22. The number of hydrogen-bond donors (Lipinski definition) is 2. The van der Waals surface area contributed by atoms with E-state index in [-0.39, 0.29) is 30.7 Å². The van der Waals surface area contributed by atoms with Crippen LogP contribution in [-0.2, 0) is 0 Å². The third-order valence-corrected chi connectivity index (χ3v) is 3.86. The van der Waals surface area contributed by atoms with Gasteiger partial charge in [-0.25, -0.2) is 0 Å². The molecule has 1 amide bonds. The summed E-state index contributed by atoms with van der Waals surface area (Å²) in [6.07, 6.45) is 6.62. The van der Waals surface area contributed by atoms with Gasteiger partial charge in [-0.3, -0.25) is 14.8 Å². The molecule has 3 aromatic heterocycles. The molecule has 0 saturated heterocycles. The Labute approximate surface area is 160 Å². The quantitative estimate of drug-likeness (QED) is 0.509. The summed E-state index contributed by atoms with van der Waals surface area (Å²) in [7, 11) is 0. The smallest absolute Gasteiger partial charge is 0.257 e. The molecule has 0 spiro atoms. The van der Waals surface area contributed by atoms with Crippen LogP contribution >= 0.6 is 36.4 Å². The highest BCUT2D eigenvalue weighted by molar-refractivity contribution is 6.33. The summed E-state index contributed by atoms with van der Waals surface area (Å²) in [6, 6.07) is 8.93. The fourth-order valence-electron chi connectivity index (χ4n) is 2.61. The second-order valence-corrected chi connectivity index (χ2v) is 5.55. The van der Waals surface area contributed by atoms with Crippen LogP contribution in [0.15, 0.2) is 55.1 Å². The molecule has 0 bridgehead atoms. The van der Waals surface area contributed by atoms with E-state index in [0.29, 0.717) is 16.3 Å². The first-order chi connectivity index (χ1) is 11.2. The first-order valence-corrected chi connectivity index (χ1v) is 7.36. The lowest BCUT2D eigenvalue weighted by atomic mass is 10.1. The van der Waals surface area contributed by atoms with E-state index in [0.717, 1.165) is 21.8 Å². The van der Waals surface area contributed by atoms with E-state index >= 15 is 0 Å². The maximum atomic E-state index is 12.4. The molecule has 4 aromatic rings. The van der Waals surface area contributed by atoms with Crippen molar-refractivity contribution in [3.8, 4) is 0 Å². The Bertz CT molecular complexity index is 1030. The van der Waals surface area contributed by atoms with E-state index in [1.165, 1.54) is 6.20 Å². The molecule has 8 heteroatoms. The van der Waals surface area contributed by atoms with Gasteiger partial charge < -0.3 is 10.3 Å². The number of aromatic nitrogens is 3. The third kappa shape index (κ3) is 3.54. The molecular formula is C17H13Cl3N4O. The number of carbonyl (C=O) groups is 1. The third-order valence-electron chi connectivity index (χ3n) is 3.65. The number of aromatic amines is 1. The van der Waals surface area contributed by atoms with Gasteiger partial charge in [-0.1, -0.05) is 11.6 Å². The summed E-state index contributed by atoms with van der Waals surface area (Å²) in [5.41, 5.74) is 2.81. The molecule has 0 aliphatic carbocycles. The van der Waals surface area contributed by atoms with Crippen molar-refractivity contribution in [2.75, 3.05) is 5.32 Å². The summed E-state index contributed by atoms with van der Waals surface area (Å²) < 4.78 is 0. The SMILES string of the molecule is Cl.Cl.O=C(Nc1cc(Cl)cc2c1[nH]c1cnccc12)c1cccnc1. The Kier molecular flexibility index (Phi) is 5.85. The van der Waals surface area contributed by atoms with E-state index in [1.54, 1.807) is 36.8 Å². The van der Waals surface area contributed by atoms with Gasteiger partial charge in [-0.2, -0.15) is 0 Å². The first kappa shape index (κ1) is 19.0. The highest BCUT2D eigenvalue weighted by atomic mass is 35.5. The average molecular weight is 396 g/mol. The van der Waals surface area contributed by atoms with Crippen LogP contribution in [0, 0.1) is 0 Å². The van der Waals surface area contributed by atoms with Crippen molar-refractivity contribution < 1.29 is 4.79 Å². The Hall–Kier alpha value is -2.34. The van der Waals surface area contributed by atoms with E-state index in [4.69, 9.17) is 11.6 Å². The second-order valence-electron chi connectivity index (χ2n) is 5.12. The number of benzene rings is 1. The lowest BCUT2D eigenvalue weighted by Crippen LogP contribution is -2.12. The molecule has 0 radical (unpaired) electrons. The predicted molar refractivity (Wildman–Crippen MR) is 105 cm³/mol. The fourth-order valence-corrected chi connectivity index (χ4v) is 2.83. The van der Waals surface area contributed by atoms with Crippen molar-refractivity contribution in [3.63, 3.8) is 0 Å². The minimum absolute atomic E-state index is 0. The van der Waals surface area contributed by atoms with Crippen LogP contribution in [0.25, 0.3) is 21.8 Å². The number of rotatable bonds is 2. The molecule has 3 heterocycles. The Morgan fingerprint density at radius 2 is 1.84 bits per heavy atom. The van der Waals surface area contributed by atoms with Gasteiger partial charge in [0.15, 0.2) is 0 Å². The van der Waals surface area contributed by atoms with Crippen molar-refractivity contribution in [1.29, 1.82) is 0 Å². The van der Waals surface area contributed by atoms with Gasteiger partial charge in [0, 0.05) is 34.4 Å². The van der Waals surface area contributed by atoms with Gasteiger partial charge in [0.2, 0.25) is 0 Å². The minimum Gasteiger partial charge on any atom is -0.352 e. The largest absolute Gasteiger partial charge is 0.352 e. The van der Waals surface area contributed by atoms with Crippen LogP contribution in [0.4, 0.5) is 5.69 Å². The van der Waals surface area contributed by atoms with Gasteiger partial charge in [-0.15, -0.1) is 24.8 Å². The van der Waals surface area contributed by atoms with Crippen LogP contribution in [-0.4, -0.2) is 20.9 Å². The summed E-state index contributed by atoms with van der Waals surface area (Å²) in [6.45, 7) is 0. The fraction of sp³-hybridized carbons (Fsp3) is 0. The number of halogens is 3. The molecule has 1 aromatic carbocycles. The zero-order chi connectivity index (χ0) is 15.8. The molecular weight excluding hydrogens is 383 g/mol. The molecule has 0 atom stereocenters. The van der Waals surface area contributed by atoms with E-state index in [2.05, 4.69) is 20.3 Å².